The Labute approximate surface area is 137 Å². The molecule has 1 aliphatic rings. The Bertz CT molecular complexity index is 673. The zero-order valence-electron chi connectivity index (χ0n) is 13.6. The topological polar surface area (TPSA) is 87.7 Å². The van der Waals surface area contributed by atoms with E-state index in [4.69, 9.17) is 4.74 Å². The molecule has 0 aromatic heterocycles. The van der Waals surface area contributed by atoms with Gasteiger partial charge in [0.2, 0.25) is 10.0 Å². The first-order valence-corrected chi connectivity index (χ1v) is 9.14. The van der Waals surface area contributed by atoms with E-state index < -0.39 is 15.3 Å². The summed E-state index contributed by atoms with van der Waals surface area (Å²) < 4.78 is 31.8. The van der Waals surface area contributed by atoms with Gasteiger partial charge in [-0.2, -0.15) is 4.31 Å². The number of carbonyl (C=O) groups excluding carboxylic acids is 1. The molecule has 0 saturated carbocycles. The Morgan fingerprint density at radius 3 is 2.78 bits per heavy atom. The Morgan fingerprint density at radius 1 is 1.39 bits per heavy atom. The van der Waals surface area contributed by atoms with Crippen molar-refractivity contribution < 1.29 is 17.9 Å². The van der Waals surface area contributed by atoms with E-state index in [1.807, 2.05) is 6.92 Å². The van der Waals surface area contributed by atoms with E-state index in [9.17, 15) is 13.2 Å². The summed E-state index contributed by atoms with van der Waals surface area (Å²) in [5, 5.41) is 4.88. The number of anilines is 1. The molecule has 8 heteroatoms. The van der Waals surface area contributed by atoms with Crippen LogP contribution >= 0.6 is 0 Å². The van der Waals surface area contributed by atoms with Gasteiger partial charge in [0, 0.05) is 30.9 Å². The summed E-state index contributed by atoms with van der Waals surface area (Å²) in [6.07, 6.45) is 0. The van der Waals surface area contributed by atoms with Crippen LogP contribution in [0.25, 0.3) is 0 Å². The van der Waals surface area contributed by atoms with Crippen molar-refractivity contribution in [1.29, 1.82) is 0 Å². The highest BCUT2D eigenvalue weighted by Crippen LogP contribution is 2.28. The highest BCUT2D eigenvalue weighted by molar-refractivity contribution is 7.89. The lowest BCUT2D eigenvalue weighted by molar-refractivity contribution is 0.252. The number of nitrogens with zero attached hydrogens (tertiary/aromatic N) is 1. The van der Waals surface area contributed by atoms with E-state index >= 15 is 0 Å². The fraction of sp³-hybridized carbons (Fsp3) is 0.533. The Hall–Kier alpha value is -1.80. The molecular formula is C15H23N3O4S. The normalized spacial score (nSPS) is 15.5. The van der Waals surface area contributed by atoms with Crippen LogP contribution in [0.3, 0.4) is 0 Å². The van der Waals surface area contributed by atoms with E-state index in [1.165, 1.54) is 4.31 Å². The van der Waals surface area contributed by atoms with Gasteiger partial charge in [-0.3, -0.25) is 0 Å². The fourth-order valence-corrected chi connectivity index (χ4v) is 3.54. The van der Waals surface area contributed by atoms with Gasteiger partial charge < -0.3 is 15.4 Å². The van der Waals surface area contributed by atoms with Crippen molar-refractivity contribution in [3.63, 3.8) is 0 Å². The maximum Gasteiger partial charge on any atom is 0.319 e. The highest BCUT2D eigenvalue weighted by Gasteiger charge is 2.28. The summed E-state index contributed by atoms with van der Waals surface area (Å²) in [4.78, 5) is 11.6. The number of hydrogen-bond acceptors (Lipinski definition) is 4. The molecule has 2 rings (SSSR count). The monoisotopic (exact) mass is 341 g/mol. The third-order valence-corrected chi connectivity index (χ3v) is 5.78. The molecular weight excluding hydrogens is 318 g/mol. The number of hydrogen-bond donors (Lipinski definition) is 2. The van der Waals surface area contributed by atoms with Crippen molar-refractivity contribution in [3.05, 3.63) is 23.8 Å². The zero-order chi connectivity index (χ0) is 17.0. The number of benzene rings is 1. The van der Waals surface area contributed by atoms with Crippen LogP contribution in [0.5, 0.6) is 5.75 Å². The molecule has 0 fully saturated rings. The van der Waals surface area contributed by atoms with Crippen LogP contribution < -0.4 is 15.4 Å². The van der Waals surface area contributed by atoms with Gasteiger partial charge in [-0.15, -0.1) is 0 Å². The first kappa shape index (κ1) is 17.6. The molecule has 0 atom stereocenters. The maximum absolute atomic E-state index is 12.4. The third-order valence-electron chi connectivity index (χ3n) is 3.56. The molecule has 0 radical (unpaired) electrons. The molecule has 2 amide bonds. The van der Waals surface area contributed by atoms with Gasteiger partial charge in [-0.05, 0) is 39.0 Å². The van der Waals surface area contributed by atoms with Crippen LogP contribution in [-0.2, 0) is 16.6 Å². The Kier molecular flexibility index (Phi) is 5.48. The number of carbonyl (C=O) groups is 1. The lowest BCUT2D eigenvalue weighted by atomic mass is 10.1. The van der Waals surface area contributed by atoms with Gasteiger partial charge >= 0.3 is 6.03 Å². The van der Waals surface area contributed by atoms with E-state index in [0.717, 1.165) is 5.56 Å². The number of nitrogens with one attached hydrogen (secondary N) is 2. The van der Waals surface area contributed by atoms with Crippen LogP contribution in [0.4, 0.5) is 10.5 Å². The van der Waals surface area contributed by atoms with Crippen LogP contribution in [-0.4, -0.2) is 43.7 Å². The molecule has 1 heterocycles. The molecule has 128 valence electrons. The second-order valence-corrected chi connectivity index (χ2v) is 8.07. The van der Waals surface area contributed by atoms with Gasteiger partial charge in [-0.1, -0.05) is 0 Å². The van der Waals surface area contributed by atoms with Crippen LogP contribution in [0.2, 0.25) is 0 Å². The van der Waals surface area contributed by atoms with Crippen molar-refractivity contribution >= 4 is 21.7 Å². The van der Waals surface area contributed by atoms with Crippen LogP contribution in [0.15, 0.2) is 18.2 Å². The number of rotatable bonds is 4. The average molecular weight is 341 g/mol. The second-order valence-electron chi connectivity index (χ2n) is 5.58. The predicted octanol–water partition coefficient (Wildman–Crippen LogP) is 1.76. The molecule has 1 aromatic carbocycles. The van der Waals surface area contributed by atoms with Crippen molar-refractivity contribution in [1.82, 2.24) is 9.62 Å². The SMILES string of the molecule is CCNC(=O)Nc1ccc2c(c1)CN(S(=O)(=O)C(C)C)CCO2. The molecule has 0 saturated heterocycles. The standard InChI is InChI=1S/C15H23N3O4S/c1-4-16-15(19)17-13-5-6-14-12(9-13)10-18(7-8-22-14)23(20,21)11(2)3/h5-6,9,11H,4,7-8,10H2,1-3H3,(H2,16,17,19). The lowest BCUT2D eigenvalue weighted by Crippen LogP contribution is -2.37. The largest absolute Gasteiger partial charge is 0.492 e. The quantitative estimate of drug-likeness (QED) is 0.873. The fourth-order valence-electron chi connectivity index (χ4n) is 2.30. The molecule has 7 nitrogen and oxygen atoms in total. The lowest BCUT2D eigenvalue weighted by Gasteiger charge is -2.22. The Morgan fingerprint density at radius 2 is 2.13 bits per heavy atom. The van der Waals surface area contributed by atoms with Crippen LogP contribution in [0.1, 0.15) is 26.3 Å². The smallest absolute Gasteiger partial charge is 0.319 e. The minimum Gasteiger partial charge on any atom is -0.492 e. The number of ether oxygens (including phenoxy) is 1. The minimum absolute atomic E-state index is 0.237. The van der Waals surface area contributed by atoms with E-state index in [1.54, 1.807) is 32.0 Å². The summed E-state index contributed by atoms with van der Waals surface area (Å²) in [5.41, 5.74) is 1.34. The number of amides is 2. The van der Waals surface area contributed by atoms with E-state index in [-0.39, 0.29) is 12.6 Å². The molecule has 0 unspecified atom stereocenters. The van der Waals surface area contributed by atoms with Gasteiger partial charge in [0.1, 0.15) is 12.4 Å². The average Bonchev–Trinajstić information content (AvgIpc) is 2.69. The summed E-state index contributed by atoms with van der Waals surface area (Å²) in [7, 11) is -3.36. The summed E-state index contributed by atoms with van der Waals surface area (Å²) in [6.45, 7) is 6.54. The molecule has 0 spiro atoms. The van der Waals surface area contributed by atoms with Crippen molar-refractivity contribution in [2.45, 2.75) is 32.6 Å². The summed E-state index contributed by atoms with van der Waals surface area (Å²) >= 11 is 0. The number of fused-ring (bicyclic) bond motifs is 1. The molecule has 23 heavy (non-hydrogen) atoms. The summed E-state index contributed by atoms with van der Waals surface area (Å²) in [5.74, 6) is 0.646. The first-order valence-electron chi connectivity index (χ1n) is 7.64. The molecule has 0 aliphatic carbocycles. The molecule has 1 aromatic rings. The van der Waals surface area contributed by atoms with Crippen molar-refractivity contribution in [2.24, 2.45) is 0 Å². The molecule has 2 N–H and O–H groups in total. The third kappa shape index (κ3) is 4.14. The van der Waals surface area contributed by atoms with Gasteiger partial charge in [0.25, 0.3) is 0 Å². The maximum atomic E-state index is 12.4. The van der Waals surface area contributed by atoms with Gasteiger partial charge in [0.05, 0.1) is 5.25 Å². The first-order chi connectivity index (χ1) is 10.8. The number of sulfonamides is 1. The number of urea groups is 1. The minimum atomic E-state index is -3.36. The van der Waals surface area contributed by atoms with Crippen LogP contribution in [0, 0.1) is 0 Å². The van der Waals surface area contributed by atoms with Gasteiger partial charge in [0.15, 0.2) is 0 Å². The van der Waals surface area contributed by atoms with Crippen molar-refractivity contribution in [3.8, 4) is 5.75 Å². The highest BCUT2D eigenvalue weighted by atomic mass is 32.2. The van der Waals surface area contributed by atoms with E-state index in [0.29, 0.717) is 31.1 Å². The summed E-state index contributed by atoms with van der Waals surface area (Å²) in [6, 6.07) is 4.94. The van der Waals surface area contributed by atoms with Crippen molar-refractivity contribution in [2.75, 3.05) is 25.0 Å². The zero-order valence-corrected chi connectivity index (χ0v) is 14.4. The molecule has 1 aliphatic heterocycles. The van der Waals surface area contributed by atoms with Gasteiger partial charge in [-0.25, -0.2) is 13.2 Å². The predicted molar refractivity (Wildman–Crippen MR) is 89.1 cm³/mol. The van der Waals surface area contributed by atoms with E-state index in [2.05, 4.69) is 10.6 Å². The molecule has 0 bridgehead atoms. The second kappa shape index (κ2) is 7.18. The Balaban J connectivity index is 2.24.